The second-order valence-electron chi connectivity index (χ2n) is 9.73. The van der Waals surface area contributed by atoms with Crippen molar-refractivity contribution in [2.24, 2.45) is 0 Å². The molecule has 0 saturated heterocycles. The molecule has 1 atom stereocenters. The molecule has 10 heteroatoms. The van der Waals surface area contributed by atoms with E-state index in [1.165, 1.54) is 31.3 Å². The fourth-order valence-electron chi connectivity index (χ4n) is 3.54. The van der Waals surface area contributed by atoms with Crippen LogP contribution in [-0.2, 0) is 26.2 Å². The molecule has 0 heterocycles. The number of benzene rings is 2. The van der Waals surface area contributed by atoms with Gasteiger partial charge in [-0.3, -0.25) is 13.9 Å². The molecule has 0 saturated carbocycles. The number of anilines is 1. The Labute approximate surface area is 214 Å². The van der Waals surface area contributed by atoms with E-state index in [1.54, 1.807) is 13.0 Å². The van der Waals surface area contributed by atoms with Gasteiger partial charge in [-0.15, -0.1) is 0 Å². The quantitative estimate of drug-likeness (QED) is 0.517. The van der Waals surface area contributed by atoms with E-state index in [9.17, 15) is 18.0 Å². The molecule has 2 aromatic carbocycles. The molecule has 0 aliphatic heterocycles. The van der Waals surface area contributed by atoms with Gasteiger partial charge in [0.2, 0.25) is 21.8 Å². The van der Waals surface area contributed by atoms with Crippen LogP contribution < -0.4 is 19.1 Å². The number of nitrogens with one attached hydrogen (secondary N) is 1. The van der Waals surface area contributed by atoms with Crippen LogP contribution in [0, 0.1) is 6.92 Å². The van der Waals surface area contributed by atoms with Gasteiger partial charge in [0.05, 0.1) is 26.2 Å². The molecule has 0 aliphatic rings. The fourth-order valence-corrected chi connectivity index (χ4v) is 4.38. The number of hydrogen-bond acceptors (Lipinski definition) is 6. The van der Waals surface area contributed by atoms with Gasteiger partial charge < -0.3 is 19.7 Å². The molecule has 0 aromatic heterocycles. The molecule has 0 unspecified atom stereocenters. The molecule has 0 spiro atoms. The zero-order chi connectivity index (χ0) is 27.3. The normalized spacial score (nSPS) is 12.4. The number of carbonyl (C=O) groups is 2. The number of rotatable bonds is 10. The third-order valence-corrected chi connectivity index (χ3v) is 6.61. The summed E-state index contributed by atoms with van der Waals surface area (Å²) in [5, 5.41) is 2.90. The number of methoxy groups -OCH3 is 2. The molecule has 1 N–H and O–H groups in total. The zero-order valence-electron chi connectivity index (χ0n) is 22.3. The summed E-state index contributed by atoms with van der Waals surface area (Å²) >= 11 is 0. The van der Waals surface area contributed by atoms with Gasteiger partial charge in [0, 0.05) is 18.2 Å². The SMILES string of the molecule is COc1ccc(N(CC(=O)N(Cc2ccc(C)cc2)[C@H](C)C(=O)NC(C)(C)C)S(C)(=O)=O)cc1OC. The predicted octanol–water partition coefficient (Wildman–Crippen LogP) is 3.11. The first kappa shape index (κ1) is 29.0. The average molecular weight is 520 g/mol. The van der Waals surface area contributed by atoms with Crippen LogP contribution in [0.2, 0.25) is 0 Å². The van der Waals surface area contributed by atoms with Crippen LogP contribution in [0.1, 0.15) is 38.8 Å². The largest absolute Gasteiger partial charge is 0.493 e. The Morgan fingerprint density at radius 2 is 1.58 bits per heavy atom. The third kappa shape index (κ3) is 7.87. The highest BCUT2D eigenvalue weighted by molar-refractivity contribution is 7.92. The van der Waals surface area contributed by atoms with E-state index in [2.05, 4.69) is 5.32 Å². The van der Waals surface area contributed by atoms with E-state index in [1.807, 2.05) is 52.0 Å². The Hall–Kier alpha value is -3.27. The second-order valence-corrected chi connectivity index (χ2v) is 11.6. The zero-order valence-corrected chi connectivity index (χ0v) is 23.1. The molecule has 2 aromatic rings. The topological polar surface area (TPSA) is 105 Å². The summed E-state index contributed by atoms with van der Waals surface area (Å²) in [6.07, 6.45) is 1.02. The summed E-state index contributed by atoms with van der Waals surface area (Å²) in [6, 6.07) is 11.4. The molecule has 9 nitrogen and oxygen atoms in total. The minimum atomic E-state index is -3.86. The summed E-state index contributed by atoms with van der Waals surface area (Å²) in [5.41, 5.74) is 1.63. The van der Waals surface area contributed by atoms with Gasteiger partial charge >= 0.3 is 0 Å². The van der Waals surface area contributed by atoms with Crippen molar-refractivity contribution in [3.05, 3.63) is 53.6 Å². The van der Waals surface area contributed by atoms with Crippen molar-refractivity contribution in [1.29, 1.82) is 0 Å². The van der Waals surface area contributed by atoms with Gasteiger partial charge in [-0.2, -0.15) is 0 Å². The highest BCUT2D eigenvalue weighted by Crippen LogP contribution is 2.32. The first-order chi connectivity index (χ1) is 16.7. The van der Waals surface area contributed by atoms with Gasteiger partial charge in [-0.05, 0) is 52.3 Å². The molecule has 198 valence electrons. The lowest BCUT2D eigenvalue weighted by Crippen LogP contribution is -2.54. The van der Waals surface area contributed by atoms with Crippen molar-refractivity contribution in [2.45, 2.75) is 52.7 Å². The van der Waals surface area contributed by atoms with Gasteiger partial charge in [0.25, 0.3) is 0 Å². The van der Waals surface area contributed by atoms with E-state index in [-0.39, 0.29) is 18.1 Å². The number of nitrogens with zero attached hydrogens (tertiary/aromatic N) is 2. The van der Waals surface area contributed by atoms with Crippen molar-refractivity contribution in [1.82, 2.24) is 10.2 Å². The molecular weight excluding hydrogens is 482 g/mol. The summed E-state index contributed by atoms with van der Waals surface area (Å²) in [6.45, 7) is 8.80. The van der Waals surface area contributed by atoms with E-state index >= 15 is 0 Å². The predicted molar refractivity (Wildman–Crippen MR) is 141 cm³/mol. The van der Waals surface area contributed by atoms with Crippen molar-refractivity contribution in [3.8, 4) is 11.5 Å². The first-order valence-corrected chi connectivity index (χ1v) is 13.4. The monoisotopic (exact) mass is 519 g/mol. The third-order valence-electron chi connectivity index (χ3n) is 5.47. The Kier molecular flexibility index (Phi) is 9.37. The summed E-state index contributed by atoms with van der Waals surface area (Å²) in [5.74, 6) is -0.104. The number of hydrogen-bond donors (Lipinski definition) is 1. The van der Waals surface area contributed by atoms with Crippen LogP contribution in [0.15, 0.2) is 42.5 Å². The highest BCUT2D eigenvalue weighted by atomic mass is 32.2. The number of carbonyl (C=O) groups excluding carboxylic acids is 2. The number of aryl methyl sites for hydroxylation is 1. The molecular formula is C26H37N3O6S. The highest BCUT2D eigenvalue weighted by Gasteiger charge is 2.31. The lowest BCUT2D eigenvalue weighted by molar-refractivity contribution is -0.140. The minimum Gasteiger partial charge on any atom is -0.493 e. The van der Waals surface area contributed by atoms with Crippen LogP contribution in [0.25, 0.3) is 0 Å². The van der Waals surface area contributed by atoms with Gasteiger partial charge in [0.1, 0.15) is 12.6 Å². The lowest BCUT2D eigenvalue weighted by atomic mass is 10.1. The first-order valence-electron chi connectivity index (χ1n) is 11.5. The Morgan fingerprint density at radius 1 is 1.00 bits per heavy atom. The van der Waals surface area contributed by atoms with Gasteiger partial charge in [-0.1, -0.05) is 29.8 Å². The Bertz CT molecular complexity index is 1170. The van der Waals surface area contributed by atoms with Gasteiger partial charge in [-0.25, -0.2) is 8.42 Å². The minimum absolute atomic E-state index is 0.140. The maximum Gasteiger partial charge on any atom is 0.244 e. The summed E-state index contributed by atoms with van der Waals surface area (Å²) < 4.78 is 37.0. The van der Waals surface area contributed by atoms with Crippen LogP contribution in [0.4, 0.5) is 5.69 Å². The summed E-state index contributed by atoms with van der Waals surface area (Å²) in [4.78, 5) is 28.0. The van der Waals surface area contributed by atoms with Crippen LogP contribution in [0.3, 0.4) is 0 Å². The molecule has 0 radical (unpaired) electrons. The number of sulfonamides is 1. The maximum absolute atomic E-state index is 13.6. The lowest BCUT2D eigenvalue weighted by Gasteiger charge is -2.33. The molecule has 0 bridgehead atoms. The van der Waals surface area contributed by atoms with Crippen molar-refractivity contribution in [2.75, 3.05) is 31.3 Å². The van der Waals surface area contributed by atoms with Crippen LogP contribution >= 0.6 is 0 Å². The smallest absolute Gasteiger partial charge is 0.244 e. The molecule has 2 rings (SSSR count). The average Bonchev–Trinajstić information content (AvgIpc) is 2.79. The van der Waals surface area contributed by atoms with Crippen LogP contribution in [-0.4, -0.2) is 63.7 Å². The van der Waals surface area contributed by atoms with E-state index in [4.69, 9.17) is 9.47 Å². The van der Waals surface area contributed by atoms with Crippen molar-refractivity contribution < 1.29 is 27.5 Å². The standard InChI is InChI=1S/C26H37N3O6S/c1-18-9-11-20(12-10-18)16-28(19(2)25(31)27-26(3,4)5)24(30)17-29(36(8,32)33)21-13-14-22(34-6)23(15-21)35-7/h9-15,19H,16-17H2,1-8H3,(H,27,31)/t19-/m1/s1. The number of ether oxygens (including phenoxy) is 2. The molecule has 2 amide bonds. The molecule has 0 aliphatic carbocycles. The number of amides is 2. The fraction of sp³-hybridized carbons (Fsp3) is 0.462. The van der Waals surface area contributed by atoms with Gasteiger partial charge in [0.15, 0.2) is 11.5 Å². The second kappa shape index (κ2) is 11.6. The maximum atomic E-state index is 13.6. The van der Waals surface area contributed by atoms with E-state index in [0.29, 0.717) is 11.5 Å². The van der Waals surface area contributed by atoms with E-state index < -0.39 is 34.1 Å². The summed E-state index contributed by atoms with van der Waals surface area (Å²) in [7, 11) is -0.940. The Morgan fingerprint density at radius 3 is 2.08 bits per heavy atom. The molecule has 0 fully saturated rings. The molecule has 36 heavy (non-hydrogen) atoms. The Balaban J connectivity index is 2.44. The van der Waals surface area contributed by atoms with Crippen molar-refractivity contribution >= 4 is 27.5 Å². The van der Waals surface area contributed by atoms with Crippen molar-refractivity contribution in [3.63, 3.8) is 0 Å². The van der Waals surface area contributed by atoms with E-state index in [0.717, 1.165) is 21.7 Å². The van der Waals surface area contributed by atoms with Crippen LogP contribution in [0.5, 0.6) is 11.5 Å².